The maximum atomic E-state index is 5.20. The Morgan fingerprint density at radius 3 is 2.08 bits per heavy atom. The van der Waals surface area contributed by atoms with E-state index in [2.05, 4.69) is 112 Å². The molecule has 4 nitrogen and oxygen atoms in total. The monoisotopic (exact) mass is 508 g/mol. The molecule has 40 heavy (non-hydrogen) atoms. The van der Waals surface area contributed by atoms with Crippen molar-refractivity contribution in [3.8, 4) is 5.69 Å². The first-order valence-electron chi connectivity index (χ1n) is 13.6. The maximum Gasteiger partial charge on any atom is 0.165 e. The second kappa shape index (κ2) is 7.13. The lowest BCUT2D eigenvalue weighted by Gasteiger charge is -2.08. The first-order chi connectivity index (χ1) is 19.9. The van der Waals surface area contributed by atoms with Crippen LogP contribution in [0.3, 0.4) is 0 Å². The highest BCUT2D eigenvalue weighted by atomic mass is 15.0. The zero-order valence-electron chi connectivity index (χ0n) is 21.3. The summed E-state index contributed by atoms with van der Waals surface area (Å²) in [6.07, 6.45) is 0. The molecule has 0 saturated carbocycles. The minimum Gasteiger partial charge on any atom is -0.309 e. The van der Waals surface area contributed by atoms with Crippen molar-refractivity contribution in [2.75, 3.05) is 0 Å². The van der Waals surface area contributed by atoms with E-state index < -0.39 is 0 Å². The van der Waals surface area contributed by atoms with Crippen LogP contribution in [0.1, 0.15) is 0 Å². The van der Waals surface area contributed by atoms with Gasteiger partial charge in [-0.2, -0.15) is 0 Å². The van der Waals surface area contributed by atoms with Gasteiger partial charge in [0.15, 0.2) is 5.65 Å². The molecule has 0 bridgehead atoms. The van der Waals surface area contributed by atoms with Crippen LogP contribution in [-0.4, -0.2) is 18.9 Å². The van der Waals surface area contributed by atoms with Crippen LogP contribution in [0.2, 0.25) is 0 Å². The minimum atomic E-state index is 0.910. The average molecular weight is 509 g/mol. The quantitative estimate of drug-likeness (QED) is 0.222. The van der Waals surface area contributed by atoms with Crippen LogP contribution in [0.4, 0.5) is 0 Å². The summed E-state index contributed by atoms with van der Waals surface area (Å²) in [5.74, 6) is 0. The summed E-state index contributed by atoms with van der Waals surface area (Å²) in [4.78, 5) is 10.4. The lowest BCUT2D eigenvalue weighted by Crippen LogP contribution is -1.93. The summed E-state index contributed by atoms with van der Waals surface area (Å²) in [5, 5.41) is 8.72. The van der Waals surface area contributed by atoms with E-state index in [1.807, 2.05) is 18.2 Å². The fourth-order valence-electron chi connectivity index (χ4n) is 7.00. The Morgan fingerprint density at radius 2 is 1.20 bits per heavy atom. The Kier molecular flexibility index (Phi) is 3.65. The first-order valence-corrected chi connectivity index (χ1v) is 13.6. The second-order valence-electron chi connectivity index (χ2n) is 10.6. The van der Waals surface area contributed by atoms with E-state index in [1.54, 1.807) is 0 Å². The van der Waals surface area contributed by atoms with Crippen LogP contribution in [-0.2, 0) is 0 Å². The molecular formula is C36H20N4. The summed E-state index contributed by atoms with van der Waals surface area (Å²) in [6, 6.07) is 43.2. The third-order valence-corrected chi connectivity index (χ3v) is 8.59. The summed E-state index contributed by atoms with van der Waals surface area (Å²) in [6.45, 7) is 0. The molecule has 0 fully saturated rings. The molecule has 0 radical (unpaired) electrons. The average Bonchev–Trinajstić information content (AvgIpc) is 3.64. The zero-order valence-corrected chi connectivity index (χ0v) is 21.3. The van der Waals surface area contributed by atoms with Crippen LogP contribution in [0.25, 0.3) is 87.7 Å². The number of rotatable bonds is 1. The topological polar surface area (TPSA) is 35.1 Å². The Hall–Kier alpha value is -5.48. The molecule has 0 saturated heterocycles. The third-order valence-electron chi connectivity index (χ3n) is 8.59. The van der Waals surface area contributed by atoms with Crippen LogP contribution >= 0.6 is 0 Å². The van der Waals surface area contributed by atoms with Gasteiger partial charge in [-0.25, -0.2) is 9.97 Å². The van der Waals surface area contributed by atoms with Crippen LogP contribution in [0, 0.1) is 0 Å². The van der Waals surface area contributed by atoms with Gasteiger partial charge in [-0.3, -0.25) is 4.40 Å². The highest BCUT2D eigenvalue weighted by molar-refractivity contribution is 6.38. The van der Waals surface area contributed by atoms with Gasteiger partial charge in [0.2, 0.25) is 0 Å². The Labute approximate surface area is 227 Å². The molecule has 184 valence electrons. The standard InChI is InChI=1S/C36H20N4/c1-2-11-22(12-3-1)39-29-19-18-21-10-4-5-13-23(21)31(29)33-30(39)20-25-34-36(38-27-16-8-7-15-26(27)37-34)40-28-17-9-6-14-24(28)32(33)35(25)40/h1-20H. The summed E-state index contributed by atoms with van der Waals surface area (Å²) >= 11 is 0. The predicted octanol–water partition coefficient (Wildman–Crippen LogP) is 9.03. The van der Waals surface area contributed by atoms with Crippen LogP contribution < -0.4 is 0 Å². The van der Waals surface area contributed by atoms with E-state index in [9.17, 15) is 0 Å². The Bertz CT molecular complexity index is 2640. The van der Waals surface area contributed by atoms with E-state index in [1.165, 1.54) is 48.9 Å². The van der Waals surface area contributed by atoms with Crippen molar-refractivity contribution in [2.45, 2.75) is 0 Å². The molecule has 10 rings (SSSR count). The van der Waals surface area contributed by atoms with Gasteiger partial charge < -0.3 is 4.57 Å². The third kappa shape index (κ3) is 2.38. The van der Waals surface area contributed by atoms with Crippen molar-refractivity contribution >= 4 is 82.0 Å². The van der Waals surface area contributed by atoms with Gasteiger partial charge >= 0.3 is 0 Å². The van der Waals surface area contributed by atoms with E-state index >= 15 is 0 Å². The summed E-state index contributed by atoms with van der Waals surface area (Å²) in [7, 11) is 0. The highest BCUT2D eigenvalue weighted by Gasteiger charge is 2.26. The number of aromatic nitrogens is 4. The van der Waals surface area contributed by atoms with Gasteiger partial charge in [-0.1, -0.05) is 78.9 Å². The maximum absolute atomic E-state index is 5.20. The van der Waals surface area contributed by atoms with Crippen molar-refractivity contribution in [1.82, 2.24) is 18.9 Å². The number of para-hydroxylation sites is 4. The SMILES string of the molecule is c1ccc(-n2c3ccc4ccccc4c3c3c4c5ccccc5n5c6nc7ccccc7nc6c(cc32)c45)cc1. The van der Waals surface area contributed by atoms with Gasteiger partial charge in [0.1, 0.15) is 5.52 Å². The number of benzene rings is 6. The molecule has 4 aromatic heterocycles. The lowest BCUT2D eigenvalue weighted by molar-refractivity contribution is 1.18. The fraction of sp³-hybridized carbons (Fsp3) is 0. The summed E-state index contributed by atoms with van der Waals surface area (Å²) in [5.41, 5.74) is 9.58. The van der Waals surface area contributed by atoms with Crippen molar-refractivity contribution in [1.29, 1.82) is 0 Å². The Balaban J connectivity index is 1.58. The predicted molar refractivity (Wildman–Crippen MR) is 166 cm³/mol. The number of hydrogen-bond donors (Lipinski definition) is 0. The zero-order chi connectivity index (χ0) is 25.9. The Morgan fingerprint density at radius 1 is 0.475 bits per heavy atom. The fourth-order valence-corrected chi connectivity index (χ4v) is 7.00. The molecular weight excluding hydrogens is 488 g/mol. The van der Waals surface area contributed by atoms with Gasteiger partial charge in [0.25, 0.3) is 0 Å². The largest absolute Gasteiger partial charge is 0.309 e. The number of hydrogen-bond acceptors (Lipinski definition) is 2. The molecule has 4 heteroatoms. The highest BCUT2D eigenvalue weighted by Crippen LogP contribution is 2.47. The molecule has 0 unspecified atom stereocenters. The van der Waals surface area contributed by atoms with Crippen molar-refractivity contribution in [2.24, 2.45) is 0 Å². The van der Waals surface area contributed by atoms with Crippen LogP contribution in [0.5, 0.6) is 0 Å². The molecule has 0 aliphatic carbocycles. The van der Waals surface area contributed by atoms with E-state index in [0.29, 0.717) is 0 Å². The number of fused-ring (bicyclic) bond motifs is 13. The molecule has 4 heterocycles. The summed E-state index contributed by atoms with van der Waals surface area (Å²) < 4.78 is 4.76. The lowest BCUT2D eigenvalue weighted by atomic mass is 9.99. The van der Waals surface area contributed by atoms with E-state index in [0.717, 1.165) is 38.8 Å². The number of nitrogens with zero attached hydrogens (tertiary/aromatic N) is 4. The molecule has 0 amide bonds. The molecule has 0 aliphatic rings. The molecule has 6 aromatic carbocycles. The first kappa shape index (κ1) is 20.5. The van der Waals surface area contributed by atoms with E-state index in [4.69, 9.17) is 9.97 Å². The van der Waals surface area contributed by atoms with Crippen molar-refractivity contribution < 1.29 is 0 Å². The second-order valence-corrected chi connectivity index (χ2v) is 10.6. The molecule has 0 atom stereocenters. The molecule has 0 spiro atoms. The molecule has 10 aromatic rings. The smallest absolute Gasteiger partial charge is 0.165 e. The van der Waals surface area contributed by atoms with Crippen LogP contribution in [0.15, 0.2) is 121 Å². The van der Waals surface area contributed by atoms with Gasteiger partial charge in [0.05, 0.1) is 33.1 Å². The molecule has 0 N–H and O–H groups in total. The van der Waals surface area contributed by atoms with E-state index in [-0.39, 0.29) is 0 Å². The molecule has 0 aliphatic heterocycles. The normalized spacial score (nSPS) is 12.5. The van der Waals surface area contributed by atoms with Gasteiger partial charge in [-0.15, -0.1) is 0 Å². The van der Waals surface area contributed by atoms with Gasteiger partial charge in [0, 0.05) is 32.6 Å². The van der Waals surface area contributed by atoms with Crippen molar-refractivity contribution in [3.63, 3.8) is 0 Å². The van der Waals surface area contributed by atoms with Crippen molar-refractivity contribution in [3.05, 3.63) is 121 Å². The van der Waals surface area contributed by atoms with Gasteiger partial charge in [-0.05, 0) is 53.2 Å². The minimum absolute atomic E-state index is 0.910.